The average molecular weight is 502 g/mol. The molecule has 0 aliphatic heterocycles. The molecular weight excluding hydrogens is 486 g/mol. The van der Waals surface area contributed by atoms with E-state index < -0.39 is 26.1 Å². The maximum Gasteiger partial charge on any atom is 0.301 e. The smallest absolute Gasteiger partial charge is 0.301 e. The number of nitro benzene ring substituents is 3. The van der Waals surface area contributed by atoms with Gasteiger partial charge in [0.05, 0.1) is 39.2 Å². The van der Waals surface area contributed by atoms with Gasteiger partial charge in [-0.3, -0.25) is 35.8 Å². The third-order valence-electron chi connectivity index (χ3n) is 4.57. The van der Waals surface area contributed by atoms with Crippen LogP contribution in [0.3, 0.4) is 0 Å². The lowest BCUT2D eigenvalue weighted by Gasteiger charge is -2.13. The van der Waals surface area contributed by atoms with Crippen molar-refractivity contribution in [1.29, 1.82) is 0 Å². The molecule has 13 nitrogen and oxygen atoms in total. The number of nitrogens with one attached hydrogen (secondary N) is 1. The lowest BCUT2D eigenvalue weighted by Crippen LogP contribution is -2.01. The molecule has 0 atom stereocenters. The van der Waals surface area contributed by atoms with Crippen molar-refractivity contribution >= 4 is 40.6 Å². The van der Waals surface area contributed by atoms with Gasteiger partial charge < -0.3 is 9.47 Å². The molecule has 0 aliphatic carbocycles. The number of nitrogens with zero attached hydrogens (tertiary/aromatic N) is 4. The Bertz CT molecular complexity index is 1310. The van der Waals surface area contributed by atoms with Crippen molar-refractivity contribution in [2.24, 2.45) is 5.10 Å². The van der Waals surface area contributed by atoms with E-state index in [2.05, 4.69) is 10.5 Å². The van der Waals surface area contributed by atoms with Crippen LogP contribution in [0.15, 0.2) is 59.7 Å². The molecule has 0 unspecified atom stereocenters. The Morgan fingerprint density at radius 2 is 1.60 bits per heavy atom. The summed E-state index contributed by atoms with van der Waals surface area (Å²) in [6.45, 7) is 0.0763. The normalized spacial score (nSPS) is 10.7. The van der Waals surface area contributed by atoms with Crippen molar-refractivity contribution in [2.45, 2.75) is 6.61 Å². The van der Waals surface area contributed by atoms with Crippen LogP contribution in [-0.2, 0) is 6.61 Å². The number of hydrogen-bond donors (Lipinski definition) is 1. The molecule has 1 N–H and O–H groups in total. The highest BCUT2D eigenvalue weighted by Gasteiger charge is 2.19. The number of ether oxygens (including phenoxy) is 2. The zero-order valence-corrected chi connectivity index (χ0v) is 18.7. The van der Waals surface area contributed by atoms with Crippen LogP contribution in [0.1, 0.15) is 11.1 Å². The van der Waals surface area contributed by atoms with Gasteiger partial charge >= 0.3 is 5.69 Å². The van der Waals surface area contributed by atoms with Gasteiger partial charge in [0.25, 0.3) is 11.4 Å². The summed E-state index contributed by atoms with van der Waals surface area (Å²) in [6, 6.07) is 12.0. The first-order chi connectivity index (χ1) is 16.7. The predicted molar refractivity (Wildman–Crippen MR) is 126 cm³/mol. The molecule has 0 bridgehead atoms. The van der Waals surface area contributed by atoms with Crippen molar-refractivity contribution in [3.05, 3.63) is 101 Å². The van der Waals surface area contributed by atoms with Crippen molar-refractivity contribution in [1.82, 2.24) is 0 Å². The molecule has 14 heteroatoms. The summed E-state index contributed by atoms with van der Waals surface area (Å²) >= 11 is 6.33. The van der Waals surface area contributed by atoms with Crippen LogP contribution < -0.4 is 14.9 Å². The Hall–Kier alpha value is -4.78. The summed E-state index contributed by atoms with van der Waals surface area (Å²) in [6.07, 6.45) is 1.32. The molecule has 3 aromatic rings. The highest BCUT2D eigenvalue weighted by atomic mass is 35.5. The minimum Gasteiger partial charge on any atom is -0.493 e. The Morgan fingerprint density at radius 3 is 2.20 bits per heavy atom. The first kappa shape index (κ1) is 24.9. The molecule has 180 valence electrons. The van der Waals surface area contributed by atoms with E-state index in [1.54, 1.807) is 18.2 Å². The minimum atomic E-state index is -0.762. The van der Waals surface area contributed by atoms with E-state index in [1.165, 1.54) is 37.6 Å². The maximum atomic E-state index is 11.2. The van der Waals surface area contributed by atoms with Crippen LogP contribution in [0.2, 0.25) is 5.02 Å². The molecule has 0 spiro atoms. The lowest BCUT2D eigenvalue weighted by molar-refractivity contribution is -0.393. The van der Waals surface area contributed by atoms with Crippen LogP contribution in [-0.4, -0.2) is 28.1 Å². The molecule has 0 aliphatic rings. The number of hydrogen-bond acceptors (Lipinski definition) is 10. The number of rotatable bonds is 10. The van der Waals surface area contributed by atoms with Gasteiger partial charge in [-0.05, 0) is 41.5 Å². The summed E-state index contributed by atoms with van der Waals surface area (Å²) in [5.74, 6) is 0.519. The zero-order chi connectivity index (χ0) is 25.5. The Kier molecular flexibility index (Phi) is 7.74. The fraction of sp³-hybridized carbons (Fsp3) is 0.0952. The van der Waals surface area contributed by atoms with Gasteiger partial charge in [-0.1, -0.05) is 11.6 Å². The fourth-order valence-electron chi connectivity index (χ4n) is 2.88. The SMILES string of the molecule is COc1cc(/C=N/Nc2ccc([N+](=O)[O-])cc2[N+](=O)[O-])cc(Cl)c1OCc1ccc([N+](=O)[O-])cc1. The maximum absolute atomic E-state index is 11.2. The molecule has 0 heterocycles. The Morgan fingerprint density at radius 1 is 0.943 bits per heavy atom. The van der Waals surface area contributed by atoms with E-state index in [-0.39, 0.29) is 34.5 Å². The highest BCUT2D eigenvalue weighted by molar-refractivity contribution is 6.32. The molecule has 3 rings (SSSR count). The van der Waals surface area contributed by atoms with Crippen molar-refractivity contribution in [2.75, 3.05) is 12.5 Å². The second-order valence-corrected chi connectivity index (χ2v) is 7.24. The standard InChI is InChI=1S/C21H16ClN5O8/c1-34-20-9-14(11-23-24-18-7-6-16(26(30)31)10-19(18)27(32)33)8-17(22)21(20)35-12-13-2-4-15(5-3-13)25(28)29/h2-11,24H,12H2,1H3/b23-11+. The number of benzene rings is 3. The van der Waals surface area contributed by atoms with Crippen LogP contribution in [0.4, 0.5) is 22.7 Å². The quantitative estimate of drug-likeness (QED) is 0.225. The third kappa shape index (κ3) is 6.17. The summed E-state index contributed by atoms with van der Waals surface area (Å²) in [7, 11) is 1.41. The second kappa shape index (κ2) is 10.9. The van der Waals surface area contributed by atoms with E-state index in [1.807, 2.05) is 0 Å². The summed E-state index contributed by atoms with van der Waals surface area (Å²) < 4.78 is 11.1. The number of hydrazone groups is 1. The largest absolute Gasteiger partial charge is 0.493 e. The van der Waals surface area contributed by atoms with Gasteiger partial charge in [-0.2, -0.15) is 5.10 Å². The minimum absolute atomic E-state index is 0.0410. The first-order valence-corrected chi connectivity index (χ1v) is 10.0. The first-order valence-electron chi connectivity index (χ1n) is 9.65. The molecule has 35 heavy (non-hydrogen) atoms. The number of non-ortho nitro benzene ring substituents is 2. The van der Waals surface area contributed by atoms with E-state index in [0.717, 1.165) is 12.1 Å². The van der Waals surface area contributed by atoms with Gasteiger partial charge in [0.2, 0.25) is 0 Å². The summed E-state index contributed by atoms with van der Waals surface area (Å²) in [5.41, 5.74) is 2.60. The average Bonchev–Trinajstić information content (AvgIpc) is 2.83. The van der Waals surface area contributed by atoms with Crippen LogP contribution in [0.25, 0.3) is 0 Å². The molecule has 0 fully saturated rings. The summed E-state index contributed by atoms with van der Waals surface area (Å²) in [4.78, 5) is 30.8. The van der Waals surface area contributed by atoms with Gasteiger partial charge in [0.1, 0.15) is 12.3 Å². The topological polar surface area (TPSA) is 172 Å². The third-order valence-corrected chi connectivity index (χ3v) is 4.85. The lowest BCUT2D eigenvalue weighted by atomic mass is 10.2. The molecule has 0 aromatic heterocycles. The van der Waals surface area contributed by atoms with Gasteiger partial charge in [-0.25, -0.2) is 0 Å². The van der Waals surface area contributed by atoms with Crippen molar-refractivity contribution < 1.29 is 24.2 Å². The predicted octanol–water partition coefficient (Wildman–Crippen LogP) is 5.10. The highest BCUT2D eigenvalue weighted by Crippen LogP contribution is 2.37. The van der Waals surface area contributed by atoms with E-state index >= 15 is 0 Å². The monoisotopic (exact) mass is 501 g/mol. The van der Waals surface area contributed by atoms with E-state index in [4.69, 9.17) is 21.1 Å². The molecule has 0 saturated heterocycles. The molecular formula is C21H16ClN5O8. The van der Waals surface area contributed by atoms with Crippen molar-refractivity contribution in [3.63, 3.8) is 0 Å². The molecule has 0 amide bonds. The van der Waals surface area contributed by atoms with Gasteiger partial charge in [-0.15, -0.1) is 0 Å². The molecule has 0 saturated carbocycles. The van der Waals surface area contributed by atoms with Crippen molar-refractivity contribution in [3.8, 4) is 11.5 Å². The number of anilines is 1. The van der Waals surface area contributed by atoms with Crippen LogP contribution >= 0.6 is 11.6 Å². The molecule has 0 radical (unpaired) electrons. The van der Waals surface area contributed by atoms with Gasteiger partial charge in [0, 0.05) is 18.2 Å². The Balaban J connectivity index is 1.75. The number of nitro groups is 3. The van der Waals surface area contributed by atoms with Gasteiger partial charge in [0.15, 0.2) is 11.5 Å². The second-order valence-electron chi connectivity index (χ2n) is 6.83. The zero-order valence-electron chi connectivity index (χ0n) is 17.9. The van der Waals surface area contributed by atoms with Crippen LogP contribution in [0.5, 0.6) is 11.5 Å². The number of halogens is 1. The molecule has 3 aromatic carbocycles. The summed E-state index contributed by atoms with van der Waals surface area (Å²) in [5, 5.41) is 36.9. The van der Waals surface area contributed by atoms with E-state index in [9.17, 15) is 30.3 Å². The Labute approximate surface area is 202 Å². The number of methoxy groups -OCH3 is 1. The van der Waals surface area contributed by atoms with Crippen LogP contribution in [0, 0.1) is 30.3 Å². The fourth-order valence-corrected chi connectivity index (χ4v) is 3.15. The van der Waals surface area contributed by atoms with E-state index in [0.29, 0.717) is 11.1 Å².